The minimum atomic E-state index is 0.0449. The maximum atomic E-state index is 12.2. The third-order valence-corrected chi connectivity index (χ3v) is 3.33. The van der Waals surface area contributed by atoms with Gasteiger partial charge in [0.15, 0.2) is 0 Å². The van der Waals surface area contributed by atoms with E-state index in [4.69, 9.17) is 0 Å². The molecule has 0 spiro atoms. The van der Waals surface area contributed by atoms with Crippen molar-refractivity contribution >= 4 is 16.9 Å². The molecule has 0 atom stereocenters. The van der Waals surface area contributed by atoms with E-state index in [-0.39, 0.29) is 5.91 Å². The fourth-order valence-corrected chi connectivity index (χ4v) is 2.21. The largest absolute Gasteiger partial charge is 0.340 e. The molecule has 3 rings (SSSR count). The number of hydrogen-bond donors (Lipinski definition) is 1. The minimum absolute atomic E-state index is 0.0449. The molecule has 1 aromatic carbocycles. The number of aromatic nitrogens is 3. The molecule has 3 aromatic rings. The Hall–Kier alpha value is -2.69. The predicted octanol–water partition coefficient (Wildman–Crippen LogP) is 2.16. The SMILES string of the molecule is CN(Cc1nc2ccccc2[nH]1)C(=O)Cc1cccnc1. The third-order valence-electron chi connectivity index (χ3n) is 3.33. The number of carbonyl (C=O) groups is 1. The van der Waals surface area contributed by atoms with Crippen LogP contribution in [0.2, 0.25) is 0 Å². The number of benzene rings is 1. The molecule has 0 fully saturated rings. The molecule has 2 aromatic heterocycles. The number of pyridine rings is 1. The Balaban J connectivity index is 1.67. The molecular weight excluding hydrogens is 264 g/mol. The average molecular weight is 280 g/mol. The van der Waals surface area contributed by atoms with Crippen LogP contribution in [-0.4, -0.2) is 32.8 Å². The first-order valence-electron chi connectivity index (χ1n) is 6.79. The maximum absolute atomic E-state index is 12.2. The van der Waals surface area contributed by atoms with Crippen LogP contribution < -0.4 is 0 Å². The first-order chi connectivity index (χ1) is 10.2. The summed E-state index contributed by atoms with van der Waals surface area (Å²) in [4.78, 5) is 25.6. The fourth-order valence-electron chi connectivity index (χ4n) is 2.21. The number of hydrogen-bond acceptors (Lipinski definition) is 3. The number of imidazole rings is 1. The molecular formula is C16H16N4O. The molecule has 2 heterocycles. The highest BCUT2D eigenvalue weighted by Gasteiger charge is 2.12. The smallest absolute Gasteiger partial charge is 0.227 e. The molecule has 106 valence electrons. The summed E-state index contributed by atoms with van der Waals surface area (Å²) < 4.78 is 0. The van der Waals surface area contributed by atoms with Gasteiger partial charge in [-0.05, 0) is 23.8 Å². The fraction of sp³-hybridized carbons (Fsp3) is 0.188. The van der Waals surface area contributed by atoms with Crippen LogP contribution in [-0.2, 0) is 17.8 Å². The van der Waals surface area contributed by atoms with E-state index < -0.39 is 0 Å². The minimum Gasteiger partial charge on any atom is -0.340 e. The normalized spacial score (nSPS) is 10.7. The van der Waals surface area contributed by atoms with E-state index in [1.807, 2.05) is 36.4 Å². The lowest BCUT2D eigenvalue weighted by Gasteiger charge is -2.15. The number of H-pyrrole nitrogens is 1. The number of amides is 1. The molecule has 0 aliphatic heterocycles. The molecule has 0 saturated carbocycles. The van der Waals surface area contributed by atoms with Crippen LogP contribution in [0.4, 0.5) is 0 Å². The first-order valence-corrected chi connectivity index (χ1v) is 6.79. The van der Waals surface area contributed by atoms with Gasteiger partial charge >= 0.3 is 0 Å². The first kappa shape index (κ1) is 13.3. The third kappa shape index (κ3) is 3.08. The van der Waals surface area contributed by atoms with Crippen molar-refractivity contribution in [3.05, 3.63) is 60.2 Å². The molecule has 0 aliphatic carbocycles. The highest BCUT2D eigenvalue weighted by Crippen LogP contribution is 2.11. The van der Waals surface area contributed by atoms with E-state index in [2.05, 4.69) is 15.0 Å². The molecule has 0 saturated heterocycles. The highest BCUT2D eigenvalue weighted by molar-refractivity contribution is 5.78. The van der Waals surface area contributed by atoms with Crippen molar-refractivity contribution in [2.24, 2.45) is 0 Å². The number of fused-ring (bicyclic) bond motifs is 1. The summed E-state index contributed by atoms with van der Waals surface area (Å²) >= 11 is 0. The zero-order valence-electron chi connectivity index (χ0n) is 11.8. The van der Waals surface area contributed by atoms with E-state index >= 15 is 0 Å². The van der Waals surface area contributed by atoms with Crippen LogP contribution in [0, 0.1) is 0 Å². The predicted molar refractivity (Wildman–Crippen MR) is 80.5 cm³/mol. The van der Waals surface area contributed by atoms with E-state index in [0.29, 0.717) is 13.0 Å². The number of para-hydroxylation sites is 2. The van der Waals surface area contributed by atoms with Crippen LogP contribution in [0.3, 0.4) is 0 Å². The van der Waals surface area contributed by atoms with Gasteiger partial charge < -0.3 is 9.88 Å². The van der Waals surface area contributed by atoms with Gasteiger partial charge in [0, 0.05) is 19.4 Å². The lowest BCUT2D eigenvalue weighted by molar-refractivity contribution is -0.129. The molecule has 1 amide bonds. The lowest BCUT2D eigenvalue weighted by atomic mass is 10.2. The van der Waals surface area contributed by atoms with E-state index in [1.54, 1.807) is 24.3 Å². The number of nitrogens with zero attached hydrogens (tertiary/aromatic N) is 3. The van der Waals surface area contributed by atoms with Gasteiger partial charge in [0.1, 0.15) is 5.82 Å². The molecule has 5 nitrogen and oxygen atoms in total. The number of likely N-dealkylation sites (N-methyl/N-ethyl adjacent to an activating group) is 1. The van der Waals surface area contributed by atoms with Crippen molar-refractivity contribution in [3.63, 3.8) is 0 Å². The van der Waals surface area contributed by atoms with Crippen molar-refractivity contribution in [2.75, 3.05) is 7.05 Å². The Morgan fingerprint density at radius 1 is 1.24 bits per heavy atom. The summed E-state index contributed by atoms with van der Waals surface area (Å²) in [5.74, 6) is 0.835. The van der Waals surface area contributed by atoms with Gasteiger partial charge in [-0.15, -0.1) is 0 Å². The molecule has 1 N–H and O–H groups in total. The van der Waals surface area contributed by atoms with E-state index in [0.717, 1.165) is 22.4 Å². The Morgan fingerprint density at radius 3 is 2.86 bits per heavy atom. The van der Waals surface area contributed by atoms with Crippen molar-refractivity contribution in [1.82, 2.24) is 19.9 Å². The summed E-state index contributed by atoms with van der Waals surface area (Å²) in [6.45, 7) is 0.466. The summed E-state index contributed by atoms with van der Waals surface area (Å²) in [6, 6.07) is 11.6. The Kier molecular flexibility index (Phi) is 3.64. The van der Waals surface area contributed by atoms with Gasteiger partial charge in [0.05, 0.1) is 24.0 Å². The molecule has 0 bridgehead atoms. The van der Waals surface area contributed by atoms with Crippen LogP contribution in [0.15, 0.2) is 48.8 Å². The summed E-state index contributed by atoms with van der Waals surface area (Å²) in [7, 11) is 1.78. The summed E-state index contributed by atoms with van der Waals surface area (Å²) in [5.41, 5.74) is 2.82. The van der Waals surface area contributed by atoms with Crippen molar-refractivity contribution in [1.29, 1.82) is 0 Å². The number of rotatable bonds is 4. The monoisotopic (exact) mass is 280 g/mol. The summed E-state index contributed by atoms with van der Waals surface area (Å²) in [6.07, 6.45) is 3.77. The van der Waals surface area contributed by atoms with Gasteiger partial charge in [-0.2, -0.15) is 0 Å². The number of aromatic amines is 1. The second-order valence-corrected chi connectivity index (χ2v) is 4.99. The Labute approximate surface area is 122 Å². The quantitative estimate of drug-likeness (QED) is 0.796. The number of nitrogens with one attached hydrogen (secondary N) is 1. The average Bonchev–Trinajstić information content (AvgIpc) is 2.90. The zero-order chi connectivity index (χ0) is 14.7. The van der Waals surface area contributed by atoms with Gasteiger partial charge in [0.25, 0.3) is 0 Å². The molecule has 21 heavy (non-hydrogen) atoms. The zero-order valence-corrected chi connectivity index (χ0v) is 11.8. The topological polar surface area (TPSA) is 61.9 Å². The van der Waals surface area contributed by atoms with E-state index in [9.17, 15) is 4.79 Å². The lowest BCUT2D eigenvalue weighted by Crippen LogP contribution is -2.28. The number of carbonyl (C=O) groups excluding carboxylic acids is 1. The molecule has 5 heteroatoms. The molecule has 0 aliphatic rings. The van der Waals surface area contributed by atoms with Gasteiger partial charge in [-0.25, -0.2) is 4.98 Å². The van der Waals surface area contributed by atoms with Crippen LogP contribution >= 0.6 is 0 Å². The van der Waals surface area contributed by atoms with Crippen LogP contribution in [0.5, 0.6) is 0 Å². The second kappa shape index (κ2) is 5.75. The van der Waals surface area contributed by atoms with E-state index in [1.165, 1.54) is 0 Å². The van der Waals surface area contributed by atoms with Crippen molar-refractivity contribution in [3.8, 4) is 0 Å². The standard InChI is InChI=1S/C16H16N4O/c1-20(16(21)9-12-5-4-8-17-10-12)11-15-18-13-6-2-3-7-14(13)19-15/h2-8,10H,9,11H2,1H3,(H,18,19). The maximum Gasteiger partial charge on any atom is 0.227 e. The second-order valence-electron chi connectivity index (χ2n) is 4.99. The Morgan fingerprint density at radius 2 is 2.10 bits per heavy atom. The van der Waals surface area contributed by atoms with Crippen molar-refractivity contribution in [2.45, 2.75) is 13.0 Å². The van der Waals surface area contributed by atoms with Crippen molar-refractivity contribution < 1.29 is 4.79 Å². The van der Waals surface area contributed by atoms with Crippen LogP contribution in [0.1, 0.15) is 11.4 Å². The molecule has 0 radical (unpaired) electrons. The summed E-state index contributed by atoms with van der Waals surface area (Å²) in [5, 5.41) is 0. The molecule has 0 unspecified atom stereocenters. The van der Waals surface area contributed by atoms with Crippen LogP contribution in [0.25, 0.3) is 11.0 Å². The highest BCUT2D eigenvalue weighted by atomic mass is 16.2. The Bertz CT molecular complexity index is 718. The van der Waals surface area contributed by atoms with Gasteiger partial charge in [-0.3, -0.25) is 9.78 Å². The van der Waals surface area contributed by atoms with Gasteiger partial charge in [0.2, 0.25) is 5.91 Å². The van der Waals surface area contributed by atoms with Gasteiger partial charge in [-0.1, -0.05) is 18.2 Å².